The van der Waals surface area contributed by atoms with Crippen molar-refractivity contribution in [1.82, 2.24) is 15.0 Å². The van der Waals surface area contributed by atoms with Gasteiger partial charge in [-0.1, -0.05) is 17.3 Å². The molecule has 6 heteroatoms. The zero-order valence-electron chi connectivity index (χ0n) is 11.5. The van der Waals surface area contributed by atoms with Crippen LogP contribution in [0.2, 0.25) is 0 Å². The van der Waals surface area contributed by atoms with Gasteiger partial charge in [0.2, 0.25) is 0 Å². The second-order valence-electron chi connectivity index (χ2n) is 4.51. The molecule has 0 saturated carbocycles. The molecule has 0 radical (unpaired) electrons. The highest BCUT2D eigenvalue weighted by molar-refractivity contribution is 5.36. The predicted octanol–water partition coefficient (Wildman–Crippen LogP) is 1.49. The summed E-state index contributed by atoms with van der Waals surface area (Å²) in [6, 6.07) is 7.96. The van der Waals surface area contributed by atoms with E-state index in [2.05, 4.69) is 10.3 Å². The first kappa shape index (κ1) is 14.0. The van der Waals surface area contributed by atoms with Crippen molar-refractivity contribution in [2.24, 2.45) is 0 Å². The van der Waals surface area contributed by atoms with Crippen molar-refractivity contribution in [3.8, 4) is 11.8 Å². The number of ether oxygens (including phenoxy) is 1. The summed E-state index contributed by atoms with van der Waals surface area (Å²) in [7, 11) is 0. The largest absolute Gasteiger partial charge is 0.487 e. The highest BCUT2D eigenvalue weighted by atomic mass is 16.5. The predicted molar refractivity (Wildman–Crippen MR) is 71.8 cm³/mol. The van der Waals surface area contributed by atoms with E-state index in [4.69, 9.17) is 10.00 Å². The van der Waals surface area contributed by atoms with Crippen LogP contribution >= 0.6 is 0 Å². The van der Waals surface area contributed by atoms with Crippen molar-refractivity contribution in [2.75, 3.05) is 0 Å². The Kier molecular flexibility index (Phi) is 4.33. The molecule has 1 heterocycles. The Hall–Kier alpha value is -2.39. The molecule has 0 saturated heterocycles. The Morgan fingerprint density at radius 2 is 2.20 bits per heavy atom. The number of aryl methyl sites for hydroxylation is 2. The molecule has 0 aliphatic carbocycles. The molecule has 2 aromatic rings. The fourth-order valence-electron chi connectivity index (χ4n) is 1.85. The van der Waals surface area contributed by atoms with Crippen LogP contribution in [0.15, 0.2) is 18.2 Å². The number of hydrogen-bond acceptors (Lipinski definition) is 5. The van der Waals surface area contributed by atoms with Crippen LogP contribution in [-0.2, 0) is 19.8 Å². The summed E-state index contributed by atoms with van der Waals surface area (Å²) in [5.74, 6) is 0.776. The van der Waals surface area contributed by atoms with Crippen molar-refractivity contribution in [1.29, 1.82) is 5.26 Å². The Morgan fingerprint density at radius 1 is 1.40 bits per heavy atom. The minimum Gasteiger partial charge on any atom is -0.487 e. The molecular formula is C14H16N4O2. The van der Waals surface area contributed by atoms with E-state index in [1.54, 1.807) is 0 Å². The molecular weight excluding hydrogens is 256 g/mol. The first-order chi connectivity index (χ1) is 9.65. The molecule has 20 heavy (non-hydrogen) atoms. The Bertz CT molecular complexity index is 643. The van der Waals surface area contributed by atoms with Crippen LogP contribution in [0.1, 0.15) is 22.5 Å². The minimum atomic E-state index is -0.225. The number of aromatic nitrogens is 3. The molecule has 0 bridgehead atoms. The molecule has 2 rings (SSSR count). The summed E-state index contributed by atoms with van der Waals surface area (Å²) < 4.78 is 7.21. The quantitative estimate of drug-likeness (QED) is 0.891. The van der Waals surface area contributed by atoms with Gasteiger partial charge < -0.3 is 9.84 Å². The Labute approximate surface area is 117 Å². The number of rotatable bonds is 5. The highest BCUT2D eigenvalue weighted by Crippen LogP contribution is 2.21. The fraction of sp³-hybridized carbons (Fsp3) is 0.357. The van der Waals surface area contributed by atoms with Crippen LogP contribution in [0.4, 0.5) is 0 Å². The molecule has 1 aromatic carbocycles. The Balaban J connectivity index is 2.20. The summed E-state index contributed by atoms with van der Waals surface area (Å²) >= 11 is 0. The van der Waals surface area contributed by atoms with Gasteiger partial charge in [-0.15, -0.1) is 5.10 Å². The van der Waals surface area contributed by atoms with E-state index in [0.29, 0.717) is 11.4 Å². The van der Waals surface area contributed by atoms with Gasteiger partial charge in [0.1, 0.15) is 30.3 Å². The molecule has 1 N–H and O–H groups in total. The van der Waals surface area contributed by atoms with E-state index < -0.39 is 0 Å². The lowest BCUT2D eigenvalue weighted by molar-refractivity contribution is 0.261. The van der Waals surface area contributed by atoms with Crippen LogP contribution in [-0.4, -0.2) is 20.1 Å². The van der Waals surface area contributed by atoms with Crippen molar-refractivity contribution >= 4 is 0 Å². The third-order valence-corrected chi connectivity index (χ3v) is 3.00. The van der Waals surface area contributed by atoms with Crippen molar-refractivity contribution in [2.45, 2.75) is 33.6 Å². The molecule has 104 valence electrons. The second kappa shape index (κ2) is 6.17. The van der Waals surface area contributed by atoms with Gasteiger partial charge in [0.15, 0.2) is 0 Å². The highest BCUT2D eigenvalue weighted by Gasteiger charge is 2.13. The van der Waals surface area contributed by atoms with Crippen LogP contribution in [0.3, 0.4) is 0 Å². The third kappa shape index (κ3) is 2.95. The fourth-order valence-corrected chi connectivity index (χ4v) is 1.85. The van der Waals surface area contributed by atoms with E-state index >= 15 is 0 Å². The third-order valence-electron chi connectivity index (χ3n) is 3.00. The second-order valence-corrected chi connectivity index (χ2v) is 4.51. The van der Waals surface area contributed by atoms with Gasteiger partial charge >= 0.3 is 0 Å². The molecule has 0 unspecified atom stereocenters. The van der Waals surface area contributed by atoms with E-state index in [1.165, 1.54) is 4.68 Å². The van der Waals surface area contributed by atoms with Crippen LogP contribution < -0.4 is 4.74 Å². The SMILES string of the molecule is Cc1ccc(C)c(OCc2c(CO)nnn2CC#N)c1. The summed E-state index contributed by atoms with van der Waals surface area (Å²) in [5.41, 5.74) is 3.19. The van der Waals surface area contributed by atoms with Gasteiger partial charge in [0.25, 0.3) is 0 Å². The number of nitriles is 1. The molecule has 0 aliphatic heterocycles. The maximum atomic E-state index is 9.24. The average molecular weight is 272 g/mol. The maximum absolute atomic E-state index is 9.24. The van der Waals surface area contributed by atoms with Crippen LogP contribution in [0.25, 0.3) is 0 Å². The lowest BCUT2D eigenvalue weighted by Crippen LogP contribution is -2.09. The number of benzene rings is 1. The van der Waals surface area contributed by atoms with Crippen molar-refractivity contribution in [3.05, 3.63) is 40.7 Å². The molecule has 6 nitrogen and oxygen atoms in total. The van der Waals surface area contributed by atoms with E-state index in [9.17, 15) is 5.11 Å². The molecule has 0 atom stereocenters. The zero-order valence-corrected chi connectivity index (χ0v) is 11.5. The summed E-state index contributed by atoms with van der Waals surface area (Å²) in [5, 5.41) is 25.7. The van der Waals surface area contributed by atoms with Gasteiger partial charge in [0.05, 0.1) is 12.7 Å². The molecule has 0 amide bonds. The maximum Gasteiger partial charge on any atom is 0.132 e. The van der Waals surface area contributed by atoms with E-state index in [-0.39, 0.29) is 19.8 Å². The number of aliphatic hydroxyl groups excluding tert-OH is 1. The normalized spacial score (nSPS) is 10.3. The van der Waals surface area contributed by atoms with Crippen LogP contribution in [0.5, 0.6) is 5.75 Å². The summed E-state index contributed by atoms with van der Waals surface area (Å²) in [6.07, 6.45) is 0. The number of hydrogen-bond donors (Lipinski definition) is 1. The first-order valence-electron chi connectivity index (χ1n) is 6.24. The van der Waals surface area contributed by atoms with Gasteiger partial charge in [0, 0.05) is 0 Å². The van der Waals surface area contributed by atoms with Crippen molar-refractivity contribution in [3.63, 3.8) is 0 Å². The van der Waals surface area contributed by atoms with Gasteiger partial charge in [-0.05, 0) is 31.0 Å². The minimum absolute atomic E-state index is 0.0818. The number of nitrogens with zero attached hydrogens (tertiary/aromatic N) is 4. The van der Waals surface area contributed by atoms with E-state index in [1.807, 2.05) is 38.1 Å². The zero-order chi connectivity index (χ0) is 14.5. The first-order valence-corrected chi connectivity index (χ1v) is 6.24. The van der Waals surface area contributed by atoms with Gasteiger partial charge in [-0.25, -0.2) is 4.68 Å². The topological polar surface area (TPSA) is 84.0 Å². The molecule has 0 fully saturated rings. The molecule has 0 aliphatic rings. The molecule has 1 aromatic heterocycles. The van der Waals surface area contributed by atoms with Crippen molar-refractivity contribution < 1.29 is 9.84 Å². The van der Waals surface area contributed by atoms with Crippen LogP contribution in [0, 0.1) is 25.2 Å². The smallest absolute Gasteiger partial charge is 0.132 e. The Morgan fingerprint density at radius 3 is 2.90 bits per heavy atom. The van der Waals surface area contributed by atoms with Gasteiger partial charge in [-0.3, -0.25) is 0 Å². The average Bonchev–Trinajstić information content (AvgIpc) is 2.82. The number of aliphatic hydroxyl groups is 1. The monoisotopic (exact) mass is 272 g/mol. The van der Waals surface area contributed by atoms with E-state index in [0.717, 1.165) is 16.9 Å². The summed E-state index contributed by atoms with van der Waals surface area (Å²) in [6.45, 7) is 4.03. The van der Waals surface area contributed by atoms with Gasteiger partial charge in [-0.2, -0.15) is 5.26 Å². The standard InChI is InChI=1S/C14H16N4O2/c1-10-3-4-11(2)14(7-10)20-9-13-12(8-19)16-17-18(13)6-5-15/h3-4,7,19H,6,8-9H2,1-2H3. The summed E-state index contributed by atoms with van der Waals surface area (Å²) in [4.78, 5) is 0. The lowest BCUT2D eigenvalue weighted by atomic mass is 10.1. The lowest BCUT2D eigenvalue weighted by Gasteiger charge is -2.11. The molecule has 0 spiro atoms.